The Morgan fingerprint density at radius 3 is 2.80 bits per heavy atom. The zero-order valence-corrected chi connectivity index (χ0v) is 15.0. The minimum Gasteiger partial charge on any atom is -0.496 e. The van der Waals surface area contributed by atoms with E-state index in [0.717, 1.165) is 23.3 Å². The lowest BCUT2D eigenvalue weighted by Gasteiger charge is -2.14. The molecule has 2 aromatic carbocycles. The summed E-state index contributed by atoms with van der Waals surface area (Å²) in [4.78, 5) is 12.7. The Balaban J connectivity index is 1.89. The van der Waals surface area contributed by atoms with Gasteiger partial charge in [0.05, 0.1) is 19.4 Å². The molecule has 0 bridgehead atoms. The van der Waals surface area contributed by atoms with Crippen molar-refractivity contribution >= 4 is 11.6 Å². The first-order chi connectivity index (χ1) is 12.0. The van der Waals surface area contributed by atoms with Crippen molar-refractivity contribution < 1.29 is 19.0 Å². The van der Waals surface area contributed by atoms with Crippen LogP contribution in [0.2, 0.25) is 0 Å². The predicted molar refractivity (Wildman–Crippen MR) is 97.1 cm³/mol. The molecule has 1 heterocycles. The van der Waals surface area contributed by atoms with Gasteiger partial charge in [-0.25, -0.2) is 0 Å². The Labute approximate surface area is 147 Å². The van der Waals surface area contributed by atoms with Gasteiger partial charge in [0.1, 0.15) is 23.4 Å². The second-order valence-corrected chi connectivity index (χ2v) is 6.16. The first-order valence-electron chi connectivity index (χ1n) is 8.44. The maximum Gasteiger partial charge on any atom is 0.255 e. The molecule has 3 rings (SSSR count). The molecule has 0 aromatic heterocycles. The van der Waals surface area contributed by atoms with Crippen LogP contribution in [0.15, 0.2) is 30.3 Å². The molecule has 25 heavy (non-hydrogen) atoms. The number of carbonyl (C=O) groups excluding carboxylic acids is 1. The quantitative estimate of drug-likeness (QED) is 0.894. The number of carbonyl (C=O) groups is 1. The highest BCUT2D eigenvalue weighted by Gasteiger charge is 2.23. The molecule has 5 heteroatoms. The third kappa shape index (κ3) is 3.55. The molecular formula is C20H23NO4. The number of hydrogen-bond acceptors (Lipinski definition) is 4. The van der Waals surface area contributed by atoms with Gasteiger partial charge in [-0.1, -0.05) is 6.07 Å². The van der Waals surface area contributed by atoms with Gasteiger partial charge in [-0.2, -0.15) is 0 Å². The number of rotatable bonds is 5. The average Bonchev–Trinajstić information content (AvgIpc) is 2.94. The molecule has 5 nitrogen and oxygen atoms in total. The van der Waals surface area contributed by atoms with E-state index < -0.39 is 0 Å². The summed E-state index contributed by atoms with van der Waals surface area (Å²) in [5.74, 6) is 1.92. The van der Waals surface area contributed by atoms with Crippen molar-refractivity contribution in [2.75, 3.05) is 19.0 Å². The highest BCUT2D eigenvalue weighted by atomic mass is 16.5. The minimum atomic E-state index is -0.217. The molecule has 0 saturated heterocycles. The van der Waals surface area contributed by atoms with Crippen LogP contribution in [0.4, 0.5) is 5.69 Å². The maximum absolute atomic E-state index is 12.7. The van der Waals surface area contributed by atoms with Crippen LogP contribution in [-0.2, 0) is 6.42 Å². The molecule has 2 aromatic rings. The fourth-order valence-corrected chi connectivity index (χ4v) is 2.97. The van der Waals surface area contributed by atoms with Gasteiger partial charge in [0.15, 0.2) is 0 Å². The number of amides is 1. The molecular weight excluding hydrogens is 318 g/mol. The third-order valence-corrected chi connectivity index (χ3v) is 4.22. The molecule has 1 aliphatic heterocycles. The smallest absolute Gasteiger partial charge is 0.255 e. The number of benzene rings is 2. The van der Waals surface area contributed by atoms with E-state index in [4.69, 9.17) is 14.2 Å². The number of anilines is 1. The Hall–Kier alpha value is -2.69. The largest absolute Gasteiger partial charge is 0.496 e. The fraction of sp³-hybridized carbons (Fsp3) is 0.350. The normalized spacial score (nSPS) is 15.3. The van der Waals surface area contributed by atoms with Crippen LogP contribution in [0.3, 0.4) is 0 Å². The van der Waals surface area contributed by atoms with E-state index in [2.05, 4.69) is 5.32 Å². The van der Waals surface area contributed by atoms with Gasteiger partial charge < -0.3 is 19.5 Å². The van der Waals surface area contributed by atoms with Crippen LogP contribution in [0, 0.1) is 6.92 Å². The number of methoxy groups -OCH3 is 1. The Morgan fingerprint density at radius 2 is 2.08 bits per heavy atom. The van der Waals surface area contributed by atoms with Crippen molar-refractivity contribution in [3.05, 3.63) is 47.0 Å². The van der Waals surface area contributed by atoms with Crippen LogP contribution in [0.1, 0.15) is 35.3 Å². The molecule has 1 unspecified atom stereocenters. The Kier molecular flexibility index (Phi) is 4.83. The zero-order chi connectivity index (χ0) is 18.0. The van der Waals surface area contributed by atoms with E-state index in [1.165, 1.54) is 0 Å². The van der Waals surface area contributed by atoms with Gasteiger partial charge in [-0.15, -0.1) is 0 Å². The lowest BCUT2D eigenvalue weighted by molar-refractivity contribution is 0.102. The summed E-state index contributed by atoms with van der Waals surface area (Å²) >= 11 is 0. The Morgan fingerprint density at radius 1 is 1.28 bits per heavy atom. The first kappa shape index (κ1) is 17.1. The highest BCUT2D eigenvalue weighted by Crippen LogP contribution is 2.38. The van der Waals surface area contributed by atoms with Crippen molar-refractivity contribution in [3.8, 4) is 17.2 Å². The van der Waals surface area contributed by atoms with Crippen LogP contribution in [-0.4, -0.2) is 25.7 Å². The van der Waals surface area contributed by atoms with Crippen LogP contribution < -0.4 is 19.5 Å². The highest BCUT2D eigenvalue weighted by molar-refractivity contribution is 6.05. The van der Waals surface area contributed by atoms with Crippen molar-refractivity contribution in [3.63, 3.8) is 0 Å². The molecule has 0 spiro atoms. The monoisotopic (exact) mass is 341 g/mol. The molecule has 1 atom stereocenters. The van der Waals surface area contributed by atoms with Crippen LogP contribution in [0.5, 0.6) is 17.2 Å². The van der Waals surface area contributed by atoms with Gasteiger partial charge in [-0.3, -0.25) is 4.79 Å². The van der Waals surface area contributed by atoms with E-state index in [0.29, 0.717) is 29.4 Å². The van der Waals surface area contributed by atoms with Crippen molar-refractivity contribution in [1.82, 2.24) is 0 Å². The predicted octanol–water partition coefficient (Wildman–Crippen LogP) is 3.98. The standard InChI is InChI=1S/C20H23NO4/c1-5-24-19-10-15-8-13(3)25-18(15)11-16(19)21-20(22)14-7-6-12(2)17(9-14)23-4/h6-7,9-11,13H,5,8H2,1-4H3,(H,21,22). The van der Waals surface area contributed by atoms with E-state index in [1.54, 1.807) is 19.2 Å². The van der Waals surface area contributed by atoms with Gasteiger partial charge in [0, 0.05) is 23.6 Å². The molecule has 1 amide bonds. The van der Waals surface area contributed by atoms with Gasteiger partial charge in [0.2, 0.25) is 0 Å². The summed E-state index contributed by atoms with van der Waals surface area (Å²) in [6, 6.07) is 9.17. The zero-order valence-electron chi connectivity index (χ0n) is 15.0. The topological polar surface area (TPSA) is 56.8 Å². The SMILES string of the molecule is CCOc1cc2c(cc1NC(=O)c1ccc(C)c(OC)c1)OC(C)C2. The summed E-state index contributed by atoms with van der Waals surface area (Å²) in [7, 11) is 1.59. The molecule has 0 aliphatic carbocycles. The summed E-state index contributed by atoms with van der Waals surface area (Å²) < 4.78 is 16.8. The van der Waals surface area contributed by atoms with Gasteiger partial charge >= 0.3 is 0 Å². The average molecular weight is 341 g/mol. The number of aryl methyl sites for hydroxylation is 1. The number of nitrogens with one attached hydrogen (secondary N) is 1. The molecule has 1 N–H and O–H groups in total. The van der Waals surface area contributed by atoms with E-state index in [1.807, 2.05) is 39.0 Å². The summed E-state index contributed by atoms with van der Waals surface area (Å²) in [5, 5.41) is 2.93. The van der Waals surface area contributed by atoms with Crippen LogP contribution in [0.25, 0.3) is 0 Å². The van der Waals surface area contributed by atoms with E-state index in [-0.39, 0.29) is 12.0 Å². The molecule has 0 saturated carbocycles. The second kappa shape index (κ2) is 7.05. The maximum atomic E-state index is 12.7. The van der Waals surface area contributed by atoms with Gasteiger partial charge in [-0.05, 0) is 44.5 Å². The van der Waals surface area contributed by atoms with Crippen molar-refractivity contribution in [2.45, 2.75) is 33.3 Å². The van der Waals surface area contributed by atoms with E-state index in [9.17, 15) is 4.79 Å². The molecule has 1 aliphatic rings. The molecule has 0 fully saturated rings. The second-order valence-electron chi connectivity index (χ2n) is 6.16. The third-order valence-electron chi connectivity index (χ3n) is 4.22. The fourth-order valence-electron chi connectivity index (χ4n) is 2.97. The number of hydrogen-bond donors (Lipinski definition) is 1. The molecule has 0 radical (unpaired) electrons. The lowest BCUT2D eigenvalue weighted by Crippen LogP contribution is -2.13. The van der Waals surface area contributed by atoms with Crippen molar-refractivity contribution in [1.29, 1.82) is 0 Å². The summed E-state index contributed by atoms with van der Waals surface area (Å²) in [6.07, 6.45) is 0.982. The number of ether oxygens (including phenoxy) is 3. The van der Waals surface area contributed by atoms with Crippen LogP contribution >= 0.6 is 0 Å². The van der Waals surface area contributed by atoms with Gasteiger partial charge in [0.25, 0.3) is 5.91 Å². The summed E-state index contributed by atoms with van der Waals surface area (Å²) in [5.41, 5.74) is 3.22. The summed E-state index contributed by atoms with van der Waals surface area (Å²) in [6.45, 7) is 6.41. The minimum absolute atomic E-state index is 0.136. The Bertz CT molecular complexity index is 801. The number of fused-ring (bicyclic) bond motifs is 1. The molecule has 132 valence electrons. The lowest BCUT2D eigenvalue weighted by atomic mass is 10.1. The van der Waals surface area contributed by atoms with Crippen molar-refractivity contribution in [2.24, 2.45) is 0 Å². The first-order valence-corrected chi connectivity index (χ1v) is 8.44. The van der Waals surface area contributed by atoms with E-state index >= 15 is 0 Å².